The number of rotatable bonds is 5. The standard InChI is InChI=1S/C13H14FN3O2S/c1-9-15-11(8-20-9)7-16(2)6-10-3-4-13(17(18)19)12(14)5-10/h3-5,8H,6-7H2,1-2H3. The fourth-order valence-electron chi connectivity index (χ4n) is 1.92. The Balaban J connectivity index is 2.02. The minimum atomic E-state index is -0.801. The SMILES string of the molecule is Cc1nc(CN(C)Cc2ccc([N+](=O)[O-])c(F)c2)cs1. The molecular formula is C13H14FN3O2S. The lowest BCUT2D eigenvalue weighted by molar-refractivity contribution is -0.387. The van der Waals surface area contributed by atoms with Crippen LogP contribution in [0.25, 0.3) is 0 Å². The van der Waals surface area contributed by atoms with E-state index >= 15 is 0 Å². The van der Waals surface area contributed by atoms with Gasteiger partial charge in [0.15, 0.2) is 0 Å². The van der Waals surface area contributed by atoms with E-state index < -0.39 is 16.4 Å². The van der Waals surface area contributed by atoms with Crippen molar-refractivity contribution in [3.63, 3.8) is 0 Å². The van der Waals surface area contributed by atoms with E-state index in [0.29, 0.717) is 18.7 Å². The summed E-state index contributed by atoms with van der Waals surface area (Å²) in [6.07, 6.45) is 0. The molecule has 0 atom stereocenters. The van der Waals surface area contributed by atoms with Gasteiger partial charge in [0.2, 0.25) is 5.82 Å². The van der Waals surface area contributed by atoms with Gasteiger partial charge in [-0.2, -0.15) is 4.39 Å². The third kappa shape index (κ3) is 3.58. The van der Waals surface area contributed by atoms with Crippen LogP contribution in [0.5, 0.6) is 0 Å². The molecule has 0 saturated heterocycles. The monoisotopic (exact) mass is 295 g/mol. The Morgan fingerprint density at radius 2 is 2.20 bits per heavy atom. The first-order chi connectivity index (χ1) is 9.45. The largest absolute Gasteiger partial charge is 0.304 e. The van der Waals surface area contributed by atoms with Crippen molar-refractivity contribution < 1.29 is 9.31 Å². The Morgan fingerprint density at radius 1 is 1.45 bits per heavy atom. The Hall–Kier alpha value is -1.86. The van der Waals surface area contributed by atoms with Crippen molar-refractivity contribution in [1.29, 1.82) is 0 Å². The highest BCUT2D eigenvalue weighted by Crippen LogP contribution is 2.19. The van der Waals surface area contributed by atoms with Crippen molar-refractivity contribution in [1.82, 2.24) is 9.88 Å². The van der Waals surface area contributed by atoms with Crippen molar-refractivity contribution in [2.75, 3.05) is 7.05 Å². The molecule has 1 heterocycles. The molecule has 20 heavy (non-hydrogen) atoms. The van der Waals surface area contributed by atoms with Gasteiger partial charge in [-0.1, -0.05) is 6.07 Å². The molecule has 2 rings (SSSR count). The summed E-state index contributed by atoms with van der Waals surface area (Å²) in [4.78, 5) is 16.2. The lowest BCUT2D eigenvalue weighted by Gasteiger charge is -2.15. The number of aromatic nitrogens is 1. The number of thiazole rings is 1. The van der Waals surface area contributed by atoms with Gasteiger partial charge < -0.3 is 0 Å². The zero-order valence-corrected chi connectivity index (χ0v) is 12.0. The first-order valence-electron chi connectivity index (χ1n) is 5.98. The number of nitrogens with zero attached hydrogens (tertiary/aromatic N) is 3. The van der Waals surface area contributed by atoms with Gasteiger partial charge >= 0.3 is 5.69 Å². The molecule has 0 amide bonds. The highest BCUT2D eigenvalue weighted by molar-refractivity contribution is 7.09. The van der Waals surface area contributed by atoms with Crippen LogP contribution in [0.3, 0.4) is 0 Å². The summed E-state index contributed by atoms with van der Waals surface area (Å²) >= 11 is 1.59. The quantitative estimate of drug-likeness (QED) is 0.628. The Kier molecular flexibility index (Phi) is 4.41. The van der Waals surface area contributed by atoms with E-state index in [0.717, 1.165) is 10.7 Å². The molecule has 1 aromatic carbocycles. The molecule has 1 aromatic heterocycles. The molecule has 106 valence electrons. The van der Waals surface area contributed by atoms with E-state index in [1.807, 2.05) is 24.3 Å². The predicted molar refractivity (Wildman–Crippen MR) is 75.1 cm³/mol. The number of benzene rings is 1. The van der Waals surface area contributed by atoms with E-state index in [1.54, 1.807) is 17.4 Å². The zero-order chi connectivity index (χ0) is 14.7. The second kappa shape index (κ2) is 6.06. The van der Waals surface area contributed by atoms with Crippen molar-refractivity contribution in [2.45, 2.75) is 20.0 Å². The van der Waals surface area contributed by atoms with Gasteiger partial charge in [-0.3, -0.25) is 15.0 Å². The molecule has 0 radical (unpaired) electrons. The molecule has 0 fully saturated rings. The molecular weight excluding hydrogens is 281 g/mol. The third-order valence-corrected chi connectivity index (χ3v) is 3.58. The van der Waals surface area contributed by atoms with E-state index in [-0.39, 0.29) is 0 Å². The Labute approximate surface area is 119 Å². The van der Waals surface area contributed by atoms with Gasteiger partial charge in [0.05, 0.1) is 15.6 Å². The van der Waals surface area contributed by atoms with Crippen molar-refractivity contribution in [3.05, 3.63) is 55.8 Å². The van der Waals surface area contributed by atoms with Gasteiger partial charge in [0.1, 0.15) is 0 Å². The minimum absolute atomic E-state index is 0.494. The average Bonchev–Trinajstić information content (AvgIpc) is 2.74. The average molecular weight is 295 g/mol. The summed E-state index contributed by atoms with van der Waals surface area (Å²) in [7, 11) is 1.90. The van der Waals surface area contributed by atoms with Gasteiger partial charge in [0.25, 0.3) is 0 Å². The summed E-state index contributed by atoms with van der Waals surface area (Å²) in [6, 6.07) is 3.98. The van der Waals surface area contributed by atoms with Gasteiger partial charge in [-0.05, 0) is 25.6 Å². The molecule has 0 aliphatic carbocycles. The van der Waals surface area contributed by atoms with Crippen LogP contribution in [0.15, 0.2) is 23.6 Å². The molecule has 2 aromatic rings. The van der Waals surface area contributed by atoms with Gasteiger partial charge in [0, 0.05) is 24.5 Å². The predicted octanol–water partition coefficient (Wildman–Crippen LogP) is 3.13. The van der Waals surface area contributed by atoms with Crippen LogP contribution in [0.4, 0.5) is 10.1 Å². The number of nitro benzene ring substituents is 1. The van der Waals surface area contributed by atoms with Gasteiger partial charge in [-0.15, -0.1) is 11.3 Å². The Bertz CT molecular complexity index is 630. The molecule has 5 nitrogen and oxygen atoms in total. The number of halogens is 1. The molecule has 0 unspecified atom stereocenters. The summed E-state index contributed by atoms with van der Waals surface area (Å²) in [5.74, 6) is -0.801. The van der Waals surface area contributed by atoms with Crippen LogP contribution in [0.2, 0.25) is 0 Å². The maximum absolute atomic E-state index is 13.5. The molecule has 0 bridgehead atoms. The molecule has 0 spiro atoms. The molecule has 0 saturated carbocycles. The molecule has 7 heteroatoms. The summed E-state index contributed by atoms with van der Waals surface area (Å²) in [5, 5.41) is 13.5. The molecule has 0 aliphatic heterocycles. The maximum atomic E-state index is 13.5. The van der Waals surface area contributed by atoms with Crippen LogP contribution in [-0.2, 0) is 13.1 Å². The van der Waals surface area contributed by atoms with E-state index in [2.05, 4.69) is 4.98 Å². The summed E-state index contributed by atoms with van der Waals surface area (Å²) < 4.78 is 13.5. The zero-order valence-electron chi connectivity index (χ0n) is 11.2. The third-order valence-electron chi connectivity index (χ3n) is 2.76. The lowest BCUT2D eigenvalue weighted by atomic mass is 10.2. The normalized spacial score (nSPS) is 11.0. The second-order valence-electron chi connectivity index (χ2n) is 4.57. The highest BCUT2D eigenvalue weighted by Gasteiger charge is 2.14. The molecule has 0 aliphatic rings. The van der Waals surface area contributed by atoms with Crippen LogP contribution < -0.4 is 0 Å². The first kappa shape index (κ1) is 14.5. The molecule has 0 N–H and O–H groups in total. The summed E-state index contributed by atoms with van der Waals surface area (Å²) in [5.41, 5.74) is 1.17. The lowest BCUT2D eigenvalue weighted by Crippen LogP contribution is -2.17. The van der Waals surface area contributed by atoms with Crippen LogP contribution in [0.1, 0.15) is 16.3 Å². The van der Waals surface area contributed by atoms with E-state index in [4.69, 9.17) is 0 Å². The number of hydrogen-bond donors (Lipinski definition) is 0. The van der Waals surface area contributed by atoms with Crippen LogP contribution >= 0.6 is 11.3 Å². The van der Waals surface area contributed by atoms with Crippen molar-refractivity contribution in [3.8, 4) is 0 Å². The number of hydrogen-bond acceptors (Lipinski definition) is 5. The van der Waals surface area contributed by atoms with Gasteiger partial charge in [-0.25, -0.2) is 4.98 Å². The topological polar surface area (TPSA) is 59.3 Å². The first-order valence-corrected chi connectivity index (χ1v) is 6.86. The second-order valence-corrected chi connectivity index (χ2v) is 5.64. The number of nitro groups is 1. The smallest absolute Gasteiger partial charge is 0.296 e. The highest BCUT2D eigenvalue weighted by atomic mass is 32.1. The van der Waals surface area contributed by atoms with E-state index in [1.165, 1.54) is 12.1 Å². The Morgan fingerprint density at radius 3 is 2.75 bits per heavy atom. The number of aryl methyl sites for hydroxylation is 1. The van der Waals surface area contributed by atoms with Crippen molar-refractivity contribution in [2.24, 2.45) is 0 Å². The fourth-order valence-corrected chi connectivity index (χ4v) is 2.53. The van der Waals surface area contributed by atoms with Crippen LogP contribution in [-0.4, -0.2) is 21.9 Å². The summed E-state index contributed by atoms with van der Waals surface area (Å²) in [6.45, 7) is 3.11. The minimum Gasteiger partial charge on any atom is -0.296 e. The maximum Gasteiger partial charge on any atom is 0.304 e. The van der Waals surface area contributed by atoms with E-state index in [9.17, 15) is 14.5 Å². The van der Waals surface area contributed by atoms with Crippen LogP contribution in [0, 0.1) is 22.9 Å². The fraction of sp³-hybridized carbons (Fsp3) is 0.308. The van der Waals surface area contributed by atoms with Crippen molar-refractivity contribution >= 4 is 17.0 Å².